The molecule has 0 bridgehead atoms. The van der Waals surface area contributed by atoms with Crippen LogP contribution in [0.1, 0.15) is 34.6 Å². The second-order valence-corrected chi connectivity index (χ2v) is 13.9. The maximum atomic E-state index is 10.4. The fourth-order valence-electron chi connectivity index (χ4n) is 4.76. The standard InChI is InChI=1S/C24H32O5Si/c1-23(2,3)30(17-12-8-6-9-13-17,18-14-10-7-11-15-18)26-16-19-20-21(22(25)27-19)29-24(4,5)28-20/h6-15,19-22,25H,16H2,1-5H3/t19-,20-,21-,22+/m1/s1. The molecule has 2 saturated heterocycles. The molecule has 0 aliphatic carbocycles. The van der Waals surface area contributed by atoms with Crippen LogP contribution in [0.2, 0.25) is 5.04 Å². The molecule has 6 heteroatoms. The Labute approximate surface area is 180 Å². The van der Waals surface area contributed by atoms with Gasteiger partial charge in [-0.1, -0.05) is 81.4 Å². The monoisotopic (exact) mass is 428 g/mol. The molecule has 0 radical (unpaired) electrons. The van der Waals surface area contributed by atoms with E-state index in [2.05, 4.69) is 69.3 Å². The first-order valence-electron chi connectivity index (χ1n) is 10.6. The van der Waals surface area contributed by atoms with Gasteiger partial charge in [-0.3, -0.25) is 0 Å². The van der Waals surface area contributed by atoms with Gasteiger partial charge in [-0.15, -0.1) is 0 Å². The van der Waals surface area contributed by atoms with E-state index in [4.69, 9.17) is 18.6 Å². The van der Waals surface area contributed by atoms with Gasteiger partial charge in [0, 0.05) is 0 Å². The first kappa shape index (κ1) is 21.7. The molecule has 1 N–H and O–H groups in total. The van der Waals surface area contributed by atoms with Crippen molar-refractivity contribution in [1.29, 1.82) is 0 Å². The minimum Gasteiger partial charge on any atom is -0.405 e. The van der Waals surface area contributed by atoms with Crippen LogP contribution in [0.5, 0.6) is 0 Å². The Morgan fingerprint density at radius 3 is 1.90 bits per heavy atom. The zero-order chi connectivity index (χ0) is 21.6. The summed E-state index contributed by atoms with van der Waals surface area (Å²) in [5.74, 6) is -0.740. The molecule has 0 amide bonds. The van der Waals surface area contributed by atoms with Gasteiger partial charge in [-0.25, -0.2) is 0 Å². The average Bonchev–Trinajstić information content (AvgIpc) is 3.17. The lowest BCUT2D eigenvalue weighted by molar-refractivity contribution is -0.222. The Balaban J connectivity index is 1.69. The van der Waals surface area contributed by atoms with Crippen LogP contribution in [0.4, 0.5) is 0 Å². The number of fused-ring (bicyclic) bond motifs is 1. The van der Waals surface area contributed by atoms with Crippen LogP contribution < -0.4 is 10.4 Å². The molecular weight excluding hydrogens is 396 g/mol. The highest BCUT2D eigenvalue weighted by Crippen LogP contribution is 2.40. The fourth-order valence-corrected chi connectivity index (χ4v) is 9.33. The van der Waals surface area contributed by atoms with Crippen molar-refractivity contribution in [3.05, 3.63) is 60.7 Å². The summed E-state index contributed by atoms with van der Waals surface area (Å²) in [6.07, 6.45) is -2.25. The van der Waals surface area contributed by atoms with Gasteiger partial charge in [-0.2, -0.15) is 0 Å². The van der Waals surface area contributed by atoms with Crippen molar-refractivity contribution >= 4 is 18.7 Å². The summed E-state index contributed by atoms with van der Waals surface area (Å²) in [6, 6.07) is 21.0. The molecule has 2 aromatic carbocycles. The van der Waals surface area contributed by atoms with Crippen LogP contribution in [0.25, 0.3) is 0 Å². The molecule has 162 valence electrons. The molecule has 4 rings (SSSR count). The summed E-state index contributed by atoms with van der Waals surface area (Å²) in [5, 5.41) is 12.6. The third kappa shape index (κ3) is 3.77. The number of ether oxygens (including phenoxy) is 3. The van der Waals surface area contributed by atoms with Crippen molar-refractivity contribution in [2.24, 2.45) is 0 Å². The summed E-state index contributed by atoms with van der Waals surface area (Å²) in [4.78, 5) is 0. The van der Waals surface area contributed by atoms with Gasteiger partial charge >= 0.3 is 0 Å². The van der Waals surface area contributed by atoms with Gasteiger partial charge in [0.2, 0.25) is 0 Å². The van der Waals surface area contributed by atoms with Crippen LogP contribution in [0.3, 0.4) is 0 Å². The summed E-state index contributed by atoms with van der Waals surface area (Å²) in [5.41, 5.74) is 0. The summed E-state index contributed by atoms with van der Waals surface area (Å²) >= 11 is 0. The van der Waals surface area contributed by atoms with Crippen molar-refractivity contribution in [1.82, 2.24) is 0 Å². The SMILES string of the molecule is CC1(C)O[C@@H]2[C@H](O1)[C@@H](CO[Si](c1ccccc1)(c1ccccc1)C(C)(C)C)O[C@@H]2O. The number of hydrogen-bond donors (Lipinski definition) is 1. The predicted molar refractivity (Wildman–Crippen MR) is 118 cm³/mol. The molecular formula is C24H32O5Si. The van der Waals surface area contributed by atoms with E-state index >= 15 is 0 Å². The normalized spacial score (nSPS) is 28.5. The van der Waals surface area contributed by atoms with Gasteiger partial charge < -0.3 is 23.7 Å². The van der Waals surface area contributed by atoms with Gasteiger partial charge in [0.25, 0.3) is 8.32 Å². The van der Waals surface area contributed by atoms with Gasteiger partial charge in [-0.05, 0) is 29.3 Å². The quantitative estimate of drug-likeness (QED) is 0.742. The molecule has 2 aliphatic heterocycles. The van der Waals surface area contributed by atoms with E-state index in [1.54, 1.807) is 0 Å². The molecule has 4 atom stereocenters. The minimum atomic E-state index is -2.68. The number of hydrogen-bond acceptors (Lipinski definition) is 5. The molecule has 5 nitrogen and oxygen atoms in total. The Morgan fingerprint density at radius 2 is 1.40 bits per heavy atom. The van der Waals surface area contributed by atoms with Gasteiger partial charge in [0.15, 0.2) is 12.1 Å². The summed E-state index contributed by atoms with van der Waals surface area (Å²) < 4.78 is 24.6. The molecule has 0 unspecified atom stereocenters. The number of aliphatic hydroxyl groups is 1. The fraction of sp³-hybridized carbons (Fsp3) is 0.500. The van der Waals surface area contributed by atoms with E-state index in [1.807, 2.05) is 26.0 Å². The topological polar surface area (TPSA) is 57.2 Å². The van der Waals surface area contributed by atoms with E-state index < -0.39 is 32.6 Å². The van der Waals surface area contributed by atoms with E-state index in [-0.39, 0.29) is 11.1 Å². The third-order valence-corrected chi connectivity index (χ3v) is 11.0. The van der Waals surface area contributed by atoms with Gasteiger partial charge in [0.05, 0.1) is 6.61 Å². The Kier molecular flexibility index (Phi) is 5.68. The van der Waals surface area contributed by atoms with Crippen molar-refractivity contribution in [2.75, 3.05) is 6.61 Å². The summed E-state index contributed by atoms with van der Waals surface area (Å²) in [7, 11) is -2.68. The predicted octanol–water partition coefficient (Wildman–Crippen LogP) is 2.80. The smallest absolute Gasteiger partial charge is 0.261 e. The molecule has 2 heterocycles. The third-order valence-electron chi connectivity index (χ3n) is 6.01. The lowest BCUT2D eigenvalue weighted by Crippen LogP contribution is -2.67. The number of aliphatic hydroxyl groups excluding tert-OH is 1. The minimum absolute atomic E-state index is 0.126. The van der Waals surface area contributed by atoms with E-state index in [1.165, 1.54) is 10.4 Å². The molecule has 0 spiro atoms. The second-order valence-electron chi connectivity index (χ2n) is 9.60. The largest absolute Gasteiger partial charge is 0.405 e. The Morgan fingerprint density at radius 1 is 0.900 bits per heavy atom. The first-order chi connectivity index (χ1) is 14.1. The molecule has 2 aliphatic rings. The molecule has 0 saturated carbocycles. The van der Waals surface area contributed by atoms with Crippen LogP contribution in [-0.4, -0.2) is 50.4 Å². The van der Waals surface area contributed by atoms with Crippen molar-refractivity contribution < 1.29 is 23.7 Å². The van der Waals surface area contributed by atoms with Crippen LogP contribution in [0, 0.1) is 0 Å². The maximum Gasteiger partial charge on any atom is 0.261 e. The van der Waals surface area contributed by atoms with E-state index in [9.17, 15) is 5.11 Å². The number of benzene rings is 2. The van der Waals surface area contributed by atoms with Crippen LogP contribution in [-0.2, 0) is 18.6 Å². The molecule has 30 heavy (non-hydrogen) atoms. The highest BCUT2D eigenvalue weighted by atomic mass is 28.4. The number of rotatable bonds is 5. The Hall–Kier alpha value is -1.54. The van der Waals surface area contributed by atoms with E-state index in [0.29, 0.717) is 6.61 Å². The molecule has 2 fully saturated rings. The summed E-state index contributed by atoms with van der Waals surface area (Å²) in [6.45, 7) is 10.8. The molecule has 2 aromatic rings. The Bertz CT molecular complexity index is 809. The van der Waals surface area contributed by atoms with Crippen molar-refractivity contribution in [3.63, 3.8) is 0 Å². The zero-order valence-electron chi connectivity index (χ0n) is 18.4. The van der Waals surface area contributed by atoms with Crippen LogP contribution >= 0.6 is 0 Å². The molecule has 0 aromatic heterocycles. The zero-order valence-corrected chi connectivity index (χ0v) is 19.4. The van der Waals surface area contributed by atoms with E-state index in [0.717, 1.165) is 0 Å². The van der Waals surface area contributed by atoms with Gasteiger partial charge in [0.1, 0.15) is 18.3 Å². The van der Waals surface area contributed by atoms with Crippen molar-refractivity contribution in [2.45, 2.75) is 70.0 Å². The van der Waals surface area contributed by atoms with Crippen molar-refractivity contribution in [3.8, 4) is 0 Å². The highest BCUT2D eigenvalue weighted by molar-refractivity contribution is 6.99. The average molecular weight is 429 g/mol. The second kappa shape index (κ2) is 7.86. The first-order valence-corrected chi connectivity index (χ1v) is 12.5. The lowest BCUT2D eigenvalue weighted by Gasteiger charge is -2.43. The van der Waals surface area contributed by atoms with Crippen LogP contribution in [0.15, 0.2) is 60.7 Å². The maximum absolute atomic E-state index is 10.4. The lowest BCUT2D eigenvalue weighted by atomic mass is 10.1. The highest BCUT2D eigenvalue weighted by Gasteiger charge is 2.56.